The van der Waals surface area contributed by atoms with Gasteiger partial charge in [-0.15, -0.1) is 0 Å². The standard InChI is InChI=1S/C17H20O2/c1-17(2,14-9-5-4-6-10-14)16(18)13-8-7-11-15(12-13)19-3/h4-12,16,18H,1-3H3. The third kappa shape index (κ3) is 2.79. The molecule has 0 saturated carbocycles. The largest absolute Gasteiger partial charge is 0.497 e. The maximum atomic E-state index is 10.7. The lowest BCUT2D eigenvalue weighted by atomic mass is 9.77. The van der Waals surface area contributed by atoms with Crippen molar-refractivity contribution in [3.05, 3.63) is 65.7 Å². The minimum absolute atomic E-state index is 0.354. The number of aliphatic hydroxyl groups is 1. The molecule has 2 aromatic carbocycles. The first-order chi connectivity index (χ1) is 9.05. The van der Waals surface area contributed by atoms with Crippen LogP contribution in [-0.4, -0.2) is 12.2 Å². The summed E-state index contributed by atoms with van der Waals surface area (Å²) in [6.07, 6.45) is -0.579. The van der Waals surface area contributed by atoms with Crippen molar-refractivity contribution >= 4 is 0 Å². The predicted molar refractivity (Wildman–Crippen MR) is 77.4 cm³/mol. The van der Waals surface area contributed by atoms with Gasteiger partial charge >= 0.3 is 0 Å². The number of rotatable bonds is 4. The SMILES string of the molecule is COc1cccc(C(O)C(C)(C)c2ccccc2)c1. The quantitative estimate of drug-likeness (QED) is 0.903. The Morgan fingerprint density at radius 1 is 1.00 bits per heavy atom. The van der Waals surface area contributed by atoms with Crippen LogP contribution in [0.5, 0.6) is 5.75 Å². The van der Waals surface area contributed by atoms with E-state index in [-0.39, 0.29) is 5.41 Å². The summed E-state index contributed by atoms with van der Waals surface area (Å²) < 4.78 is 5.21. The summed E-state index contributed by atoms with van der Waals surface area (Å²) in [6, 6.07) is 17.7. The highest BCUT2D eigenvalue weighted by Crippen LogP contribution is 2.37. The Kier molecular flexibility index (Phi) is 3.91. The second-order valence-corrected chi connectivity index (χ2v) is 5.27. The summed E-state index contributed by atoms with van der Waals surface area (Å²) in [7, 11) is 1.63. The van der Waals surface area contributed by atoms with Gasteiger partial charge in [0.2, 0.25) is 0 Å². The summed E-state index contributed by atoms with van der Waals surface area (Å²) in [6.45, 7) is 4.10. The van der Waals surface area contributed by atoms with Gasteiger partial charge in [0.05, 0.1) is 13.2 Å². The third-order valence-electron chi connectivity index (χ3n) is 3.61. The van der Waals surface area contributed by atoms with Crippen molar-refractivity contribution < 1.29 is 9.84 Å². The summed E-state index contributed by atoms with van der Waals surface area (Å²) in [5, 5.41) is 10.7. The van der Waals surface area contributed by atoms with Crippen LogP contribution in [0.2, 0.25) is 0 Å². The molecule has 0 bridgehead atoms. The molecule has 0 radical (unpaired) electrons. The van der Waals surface area contributed by atoms with Gasteiger partial charge in [0.25, 0.3) is 0 Å². The molecule has 0 saturated heterocycles. The molecule has 0 heterocycles. The lowest BCUT2D eigenvalue weighted by molar-refractivity contribution is 0.100. The van der Waals surface area contributed by atoms with E-state index < -0.39 is 6.10 Å². The molecule has 19 heavy (non-hydrogen) atoms. The summed E-state index contributed by atoms with van der Waals surface area (Å²) in [5.41, 5.74) is 1.63. The van der Waals surface area contributed by atoms with Crippen LogP contribution >= 0.6 is 0 Å². The summed E-state index contributed by atoms with van der Waals surface area (Å²) in [4.78, 5) is 0. The number of ether oxygens (including phenoxy) is 1. The highest BCUT2D eigenvalue weighted by Gasteiger charge is 2.31. The lowest BCUT2D eigenvalue weighted by Crippen LogP contribution is -2.26. The van der Waals surface area contributed by atoms with Crippen LogP contribution in [0.25, 0.3) is 0 Å². The second kappa shape index (κ2) is 5.45. The second-order valence-electron chi connectivity index (χ2n) is 5.27. The van der Waals surface area contributed by atoms with Crippen molar-refractivity contribution in [1.82, 2.24) is 0 Å². The van der Waals surface area contributed by atoms with E-state index in [2.05, 4.69) is 0 Å². The maximum Gasteiger partial charge on any atom is 0.119 e. The van der Waals surface area contributed by atoms with Gasteiger partial charge in [0.15, 0.2) is 0 Å². The molecule has 0 fully saturated rings. The number of benzene rings is 2. The van der Waals surface area contributed by atoms with Crippen LogP contribution < -0.4 is 4.74 Å². The fourth-order valence-electron chi connectivity index (χ4n) is 2.25. The van der Waals surface area contributed by atoms with Crippen molar-refractivity contribution in [2.45, 2.75) is 25.4 Å². The van der Waals surface area contributed by atoms with Crippen molar-refractivity contribution in [2.75, 3.05) is 7.11 Å². The highest BCUT2D eigenvalue weighted by atomic mass is 16.5. The summed E-state index contributed by atoms with van der Waals surface area (Å²) >= 11 is 0. The molecule has 0 aromatic heterocycles. The lowest BCUT2D eigenvalue weighted by Gasteiger charge is -2.31. The molecule has 2 nitrogen and oxygen atoms in total. The monoisotopic (exact) mass is 256 g/mol. The van der Waals surface area contributed by atoms with E-state index >= 15 is 0 Å². The van der Waals surface area contributed by atoms with Crippen LogP contribution in [0.1, 0.15) is 31.1 Å². The Bertz CT molecular complexity index is 532. The Hall–Kier alpha value is -1.80. The molecular formula is C17H20O2. The first-order valence-electron chi connectivity index (χ1n) is 6.43. The molecule has 0 spiro atoms. The average Bonchev–Trinajstić information content (AvgIpc) is 2.47. The predicted octanol–water partition coefficient (Wildman–Crippen LogP) is 3.71. The molecule has 0 aliphatic rings. The Labute approximate surface area is 114 Å². The van der Waals surface area contributed by atoms with E-state index in [1.54, 1.807) is 7.11 Å². The molecule has 0 aliphatic carbocycles. The van der Waals surface area contributed by atoms with Crippen LogP contribution in [0.15, 0.2) is 54.6 Å². The fraction of sp³-hybridized carbons (Fsp3) is 0.294. The molecule has 100 valence electrons. The Morgan fingerprint density at radius 3 is 2.32 bits per heavy atom. The minimum atomic E-state index is -0.579. The highest BCUT2D eigenvalue weighted by molar-refractivity contribution is 5.34. The van der Waals surface area contributed by atoms with Crippen LogP contribution in [-0.2, 0) is 5.41 Å². The molecule has 0 amide bonds. The molecule has 2 aromatic rings. The molecule has 0 aliphatic heterocycles. The maximum absolute atomic E-state index is 10.7. The van der Waals surface area contributed by atoms with E-state index in [1.165, 1.54) is 0 Å². The summed E-state index contributed by atoms with van der Waals surface area (Å²) in [5.74, 6) is 0.764. The van der Waals surface area contributed by atoms with Gasteiger partial charge in [-0.25, -0.2) is 0 Å². The number of hydrogen-bond donors (Lipinski definition) is 1. The van der Waals surface area contributed by atoms with Crippen molar-refractivity contribution in [2.24, 2.45) is 0 Å². The number of methoxy groups -OCH3 is 1. The van der Waals surface area contributed by atoms with Gasteiger partial charge in [-0.05, 0) is 23.3 Å². The molecule has 2 heteroatoms. The van der Waals surface area contributed by atoms with Gasteiger partial charge in [-0.1, -0.05) is 56.3 Å². The first-order valence-corrected chi connectivity index (χ1v) is 6.43. The average molecular weight is 256 g/mol. The van der Waals surface area contributed by atoms with E-state index in [1.807, 2.05) is 68.4 Å². The Morgan fingerprint density at radius 2 is 1.68 bits per heavy atom. The van der Waals surface area contributed by atoms with Crippen LogP contribution in [0.4, 0.5) is 0 Å². The van der Waals surface area contributed by atoms with Gasteiger partial charge in [0, 0.05) is 5.41 Å². The van der Waals surface area contributed by atoms with Gasteiger partial charge in [0.1, 0.15) is 5.75 Å². The fourth-order valence-corrected chi connectivity index (χ4v) is 2.25. The first kappa shape index (κ1) is 13.6. The minimum Gasteiger partial charge on any atom is -0.497 e. The van der Waals surface area contributed by atoms with E-state index in [0.29, 0.717) is 0 Å². The molecule has 1 atom stereocenters. The number of aliphatic hydroxyl groups excluding tert-OH is 1. The topological polar surface area (TPSA) is 29.5 Å². The Balaban J connectivity index is 2.34. The van der Waals surface area contributed by atoms with Crippen molar-refractivity contribution in [1.29, 1.82) is 0 Å². The van der Waals surface area contributed by atoms with Crippen molar-refractivity contribution in [3.8, 4) is 5.75 Å². The van der Waals surface area contributed by atoms with Crippen LogP contribution in [0, 0.1) is 0 Å². The van der Waals surface area contributed by atoms with Gasteiger partial charge in [-0.2, -0.15) is 0 Å². The molecular weight excluding hydrogens is 236 g/mol. The van der Waals surface area contributed by atoms with E-state index in [4.69, 9.17) is 4.74 Å². The zero-order valence-corrected chi connectivity index (χ0v) is 11.6. The molecule has 1 unspecified atom stereocenters. The van der Waals surface area contributed by atoms with Gasteiger partial charge < -0.3 is 9.84 Å². The molecule has 2 rings (SSSR count). The smallest absolute Gasteiger partial charge is 0.119 e. The normalized spacial score (nSPS) is 13.1. The van der Waals surface area contributed by atoms with Crippen LogP contribution in [0.3, 0.4) is 0 Å². The van der Waals surface area contributed by atoms with E-state index in [0.717, 1.165) is 16.9 Å². The zero-order valence-electron chi connectivity index (χ0n) is 11.6. The zero-order chi connectivity index (χ0) is 13.9. The third-order valence-corrected chi connectivity index (χ3v) is 3.61. The van der Waals surface area contributed by atoms with Gasteiger partial charge in [-0.3, -0.25) is 0 Å². The van der Waals surface area contributed by atoms with E-state index in [9.17, 15) is 5.11 Å². The molecule has 1 N–H and O–H groups in total. The number of hydrogen-bond acceptors (Lipinski definition) is 2. The van der Waals surface area contributed by atoms with Crippen molar-refractivity contribution in [3.63, 3.8) is 0 Å².